The smallest absolute Gasteiger partial charge is 0.0662 e. The summed E-state index contributed by atoms with van der Waals surface area (Å²) in [5.74, 6) is 2.52. The van der Waals surface area contributed by atoms with Gasteiger partial charge >= 0.3 is 0 Å². The topological polar surface area (TPSA) is 31.9 Å². The van der Waals surface area contributed by atoms with Crippen molar-refractivity contribution in [2.45, 2.75) is 32.7 Å². The van der Waals surface area contributed by atoms with Gasteiger partial charge in [0, 0.05) is 30.7 Å². The maximum atomic E-state index is 4.39. The van der Waals surface area contributed by atoms with Crippen LogP contribution >= 0.6 is 0 Å². The molecule has 3 heteroatoms. The van der Waals surface area contributed by atoms with Gasteiger partial charge in [0.1, 0.15) is 0 Å². The van der Waals surface area contributed by atoms with Crippen molar-refractivity contribution in [3.05, 3.63) is 17.5 Å². The van der Waals surface area contributed by atoms with Gasteiger partial charge in [-0.15, -0.1) is 0 Å². The number of likely N-dealkylation sites (tertiary alicyclic amines) is 1. The number of rotatable bonds is 2. The molecule has 1 aromatic rings. The van der Waals surface area contributed by atoms with E-state index in [0.29, 0.717) is 6.04 Å². The number of aromatic nitrogens is 2. The summed E-state index contributed by atoms with van der Waals surface area (Å²) in [6.45, 7) is 9.21. The van der Waals surface area contributed by atoms with E-state index in [0.717, 1.165) is 17.8 Å². The van der Waals surface area contributed by atoms with E-state index >= 15 is 0 Å². The maximum Gasteiger partial charge on any atom is 0.0662 e. The van der Waals surface area contributed by atoms with Crippen LogP contribution < -0.4 is 0 Å². The summed E-state index contributed by atoms with van der Waals surface area (Å²) in [5, 5.41) is 7.44. The van der Waals surface area contributed by atoms with Crippen molar-refractivity contribution in [3.8, 4) is 0 Å². The molecule has 15 heavy (non-hydrogen) atoms. The number of aryl methyl sites for hydroxylation is 1. The molecule has 3 rings (SSSR count). The Morgan fingerprint density at radius 2 is 2.07 bits per heavy atom. The molecule has 1 aliphatic carbocycles. The molecule has 2 aliphatic rings. The molecule has 1 saturated heterocycles. The highest BCUT2D eigenvalue weighted by Gasteiger charge is 2.57. The lowest BCUT2D eigenvalue weighted by Crippen LogP contribution is -2.31. The number of hydrogen-bond acceptors (Lipinski definition) is 2. The number of fused-ring (bicyclic) bond motifs is 1. The Morgan fingerprint density at radius 3 is 2.53 bits per heavy atom. The molecule has 0 aromatic carbocycles. The van der Waals surface area contributed by atoms with Crippen molar-refractivity contribution in [2.75, 3.05) is 13.1 Å². The van der Waals surface area contributed by atoms with Crippen LogP contribution in [0, 0.1) is 18.8 Å². The van der Waals surface area contributed by atoms with Gasteiger partial charge in [-0.25, -0.2) is 0 Å². The van der Waals surface area contributed by atoms with E-state index < -0.39 is 0 Å². The molecular weight excluding hydrogens is 186 g/mol. The fraction of sp³-hybridized carbons (Fsp3) is 0.750. The summed E-state index contributed by atoms with van der Waals surface area (Å²) in [7, 11) is 0. The standard InChI is InChI=1S/C12H19N3/c1-7(2)15-5-9-10(6-15)12(9)11-4-8(3)13-14-11/h4,7,9-10,12H,5-6H2,1-3H3,(H,13,14). The number of aromatic amines is 1. The lowest BCUT2D eigenvalue weighted by atomic mass is 10.1. The molecule has 3 nitrogen and oxygen atoms in total. The average molecular weight is 205 g/mol. The first kappa shape index (κ1) is 9.40. The van der Waals surface area contributed by atoms with E-state index in [4.69, 9.17) is 0 Å². The number of nitrogens with one attached hydrogen (secondary N) is 1. The van der Waals surface area contributed by atoms with E-state index in [9.17, 15) is 0 Å². The minimum atomic E-state index is 0.708. The Balaban J connectivity index is 1.68. The number of nitrogens with zero attached hydrogens (tertiary/aromatic N) is 2. The van der Waals surface area contributed by atoms with Crippen LogP contribution in [0.5, 0.6) is 0 Å². The molecule has 82 valence electrons. The van der Waals surface area contributed by atoms with Gasteiger partial charge in [0.15, 0.2) is 0 Å². The lowest BCUT2D eigenvalue weighted by molar-refractivity contribution is 0.242. The average Bonchev–Trinajstić information content (AvgIpc) is 2.62. The van der Waals surface area contributed by atoms with Gasteiger partial charge < -0.3 is 4.90 Å². The zero-order valence-corrected chi connectivity index (χ0v) is 9.70. The van der Waals surface area contributed by atoms with Gasteiger partial charge in [-0.2, -0.15) is 5.10 Å². The monoisotopic (exact) mass is 205 g/mol. The molecule has 1 saturated carbocycles. The van der Waals surface area contributed by atoms with E-state index in [2.05, 4.69) is 41.9 Å². The Hall–Kier alpha value is -0.830. The van der Waals surface area contributed by atoms with Crippen molar-refractivity contribution >= 4 is 0 Å². The first-order valence-electron chi connectivity index (χ1n) is 5.93. The van der Waals surface area contributed by atoms with E-state index in [-0.39, 0.29) is 0 Å². The third-order valence-electron chi connectivity index (χ3n) is 4.02. The summed E-state index contributed by atoms with van der Waals surface area (Å²) in [4.78, 5) is 2.59. The van der Waals surface area contributed by atoms with Crippen molar-refractivity contribution in [3.63, 3.8) is 0 Å². The van der Waals surface area contributed by atoms with Gasteiger partial charge in [-0.05, 0) is 38.7 Å². The zero-order valence-electron chi connectivity index (χ0n) is 9.70. The van der Waals surface area contributed by atoms with Crippen LogP contribution in [0.15, 0.2) is 6.07 Å². The third kappa shape index (κ3) is 1.41. The van der Waals surface area contributed by atoms with Crippen LogP contribution in [0.25, 0.3) is 0 Å². The number of hydrogen-bond donors (Lipinski definition) is 1. The minimum Gasteiger partial charge on any atom is -0.300 e. The normalized spacial score (nSPS) is 34.8. The Bertz CT molecular complexity index is 357. The Morgan fingerprint density at radius 1 is 1.40 bits per heavy atom. The van der Waals surface area contributed by atoms with E-state index in [1.165, 1.54) is 24.5 Å². The van der Waals surface area contributed by atoms with Crippen LogP contribution in [0.2, 0.25) is 0 Å². The highest BCUT2D eigenvalue weighted by atomic mass is 15.2. The van der Waals surface area contributed by atoms with Gasteiger partial charge in [-0.1, -0.05) is 0 Å². The first-order chi connectivity index (χ1) is 7.16. The van der Waals surface area contributed by atoms with E-state index in [1.807, 2.05) is 0 Å². The molecule has 1 aromatic heterocycles. The van der Waals surface area contributed by atoms with Crippen molar-refractivity contribution in [1.29, 1.82) is 0 Å². The zero-order chi connectivity index (χ0) is 10.6. The van der Waals surface area contributed by atoms with Gasteiger partial charge in [0.2, 0.25) is 0 Å². The molecule has 2 heterocycles. The van der Waals surface area contributed by atoms with Gasteiger partial charge in [0.25, 0.3) is 0 Å². The largest absolute Gasteiger partial charge is 0.300 e. The van der Waals surface area contributed by atoms with Gasteiger partial charge in [-0.3, -0.25) is 5.10 Å². The second kappa shape index (κ2) is 3.08. The Kier molecular flexibility index (Phi) is 1.93. The summed E-state index contributed by atoms with van der Waals surface area (Å²) >= 11 is 0. The van der Waals surface area contributed by atoms with Crippen LogP contribution in [0.1, 0.15) is 31.2 Å². The lowest BCUT2D eigenvalue weighted by Gasteiger charge is -2.23. The van der Waals surface area contributed by atoms with Crippen LogP contribution in [-0.4, -0.2) is 34.2 Å². The molecule has 2 unspecified atom stereocenters. The molecule has 1 N–H and O–H groups in total. The third-order valence-corrected chi connectivity index (χ3v) is 4.02. The Labute approximate surface area is 90.9 Å². The fourth-order valence-corrected chi connectivity index (χ4v) is 3.03. The number of H-pyrrole nitrogens is 1. The molecule has 0 radical (unpaired) electrons. The summed E-state index contributed by atoms with van der Waals surface area (Å²) in [6.07, 6.45) is 0. The van der Waals surface area contributed by atoms with Gasteiger partial charge in [0.05, 0.1) is 5.69 Å². The molecule has 1 aliphatic heterocycles. The molecule has 2 atom stereocenters. The molecule has 2 fully saturated rings. The maximum absolute atomic E-state index is 4.39. The van der Waals surface area contributed by atoms with Crippen LogP contribution in [0.3, 0.4) is 0 Å². The van der Waals surface area contributed by atoms with Crippen LogP contribution in [0.4, 0.5) is 0 Å². The van der Waals surface area contributed by atoms with E-state index in [1.54, 1.807) is 0 Å². The molecular formula is C12H19N3. The predicted molar refractivity (Wildman–Crippen MR) is 59.8 cm³/mol. The summed E-state index contributed by atoms with van der Waals surface area (Å²) in [6, 6.07) is 2.92. The molecule has 0 spiro atoms. The quantitative estimate of drug-likeness (QED) is 0.798. The minimum absolute atomic E-state index is 0.708. The van der Waals surface area contributed by atoms with Crippen molar-refractivity contribution in [1.82, 2.24) is 15.1 Å². The highest BCUT2D eigenvalue weighted by Crippen LogP contribution is 2.57. The fourth-order valence-electron chi connectivity index (χ4n) is 3.03. The second-order valence-electron chi connectivity index (χ2n) is 5.38. The number of piperidine rings is 1. The SMILES string of the molecule is Cc1cc(C2C3CN(C(C)C)CC32)n[nH]1. The first-order valence-corrected chi connectivity index (χ1v) is 5.93. The molecule has 0 bridgehead atoms. The van der Waals surface area contributed by atoms with Crippen molar-refractivity contribution < 1.29 is 0 Å². The predicted octanol–water partition coefficient (Wildman–Crippen LogP) is 1.77. The molecule has 0 amide bonds. The highest BCUT2D eigenvalue weighted by molar-refractivity contribution is 5.25. The second-order valence-corrected chi connectivity index (χ2v) is 5.38. The van der Waals surface area contributed by atoms with Crippen molar-refractivity contribution in [2.24, 2.45) is 11.8 Å². The summed E-state index contributed by atoms with van der Waals surface area (Å²) in [5.41, 5.74) is 2.49. The summed E-state index contributed by atoms with van der Waals surface area (Å²) < 4.78 is 0. The van der Waals surface area contributed by atoms with Crippen LogP contribution in [-0.2, 0) is 0 Å².